The highest BCUT2D eigenvalue weighted by Crippen LogP contribution is 1.95. The minimum absolute atomic E-state index is 0.102. The molecule has 0 aliphatic carbocycles. The molecule has 14 nitrogen and oxygen atoms in total. The van der Waals surface area contributed by atoms with E-state index in [9.17, 15) is 14.4 Å². The maximum atomic E-state index is 11.8. The number of carbonyl (C=O) groups is 2. The third-order valence-electron chi connectivity index (χ3n) is 4.55. The number of aliphatic imine (C=N–C) groups is 1. The van der Waals surface area contributed by atoms with E-state index < -0.39 is 11.6 Å². The van der Waals surface area contributed by atoms with Crippen molar-refractivity contribution in [1.82, 2.24) is 31.2 Å². The van der Waals surface area contributed by atoms with Gasteiger partial charge in [0, 0.05) is 43.8 Å². The summed E-state index contributed by atoms with van der Waals surface area (Å²) in [6, 6.07) is 0.576. The molecule has 2 rings (SSSR count). The van der Waals surface area contributed by atoms with E-state index in [-0.39, 0.29) is 12.0 Å². The fourth-order valence-electron chi connectivity index (χ4n) is 2.86. The van der Waals surface area contributed by atoms with E-state index in [4.69, 9.17) is 14.2 Å². The second-order valence-corrected chi connectivity index (χ2v) is 7.76. The Morgan fingerprint density at radius 3 is 2.08 bits per heavy atom. The highest BCUT2D eigenvalue weighted by Gasteiger charge is 2.08. The van der Waals surface area contributed by atoms with Gasteiger partial charge in [-0.25, -0.2) is 14.6 Å². The molecule has 2 heterocycles. The van der Waals surface area contributed by atoms with Crippen molar-refractivity contribution in [2.75, 3.05) is 64.6 Å². The molecule has 0 spiro atoms. The highest BCUT2D eigenvalue weighted by atomic mass is 16.5. The van der Waals surface area contributed by atoms with E-state index in [0.29, 0.717) is 83.8 Å². The van der Waals surface area contributed by atoms with Gasteiger partial charge in [0.05, 0.1) is 33.0 Å². The van der Waals surface area contributed by atoms with Gasteiger partial charge in [0.2, 0.25) is 11.9 Å². The molecule has 0 radical (unpaired) electrons. The minimum atomic E-state index is -0.453. The van der Waals surface area contributed by atoms with E-state index in [1.54, 1.807) is 6.92 Å². The first kappa shape index (κ1) is 28.7. The van der Waals surface area contributed by atoms with Crippen molar-refractivity contribution < 1.29 is 23.8 Å². The number of amides is 4. The van der Waals surface area contributed by atoms with Crippen LogP contribution in [-0.2, 0) is 14.2 Å². The maximum absolute atomic E-state index is 11.8. The first-order chi connectivity index (χ1) is 17.4. The fourth-order valence-corrected chi connectivity index (χ4v) is 2.86. The van der Waals surface area contributed by atoms with Crippen LogP contribution in [0.2, 0.25) is 0 Å². The lowest BCUT2D eigenvalue weighted by Crippen LogP contribution is -2.46. The van der Waals surface area contributed by atoms with E-state index in [1.807, 2.05) is 13.0 Å². The van der Waals surface area contributed by atoms with Crippen LogP contribution in [0.3, 0.4) is 0 Å². The molecular formula is C22H36N8O6. The van der Waals surface area contributed by atoms with Crippen LogP contribution in [0.15, 0.2) is 27.6 Å². The summed E-state index contributed by atoms with van der Waals surface area (Å²) in [7, 11) is 0. The SMILES string of the molecule is CC1=CCN=C(NC(=O)NCCCOCCOCCOCCCNC(=O)Nc2nc(=O)cc(C)[nH]2)N1. The highest BCUT2D eigenvalue weighted by molar-refractivity contribution is 5.97. The van der Waals surface area contributed by atoms with Gasteiger partial charge in [-0.05, 0) is 32.8 Å². The summed E-state index contributed by atoms with van der Waals surface area (Å²) in [6.45, 7) is 7.83. The normalized spacial score (nSPS) is 12.7. The fraction of sp³-hybridized carbons (Fsp3) is 0.591. The molecule has 0 saturated carbocycles. The first-order valence-corrected chi connectivity index (χ1v) is 11.8. The van der Waals surface area contributed by atoms with Crippen molar-refractivity contribution in [2.45, 2.75) is 26.7 Å². The van der Waals surface area contributed by atoms with Crippen LogP contribution in [0.1, 0.15) is 25.5 Å². The Balaban J connectivity index is 1.31. The summed E-state index contributed by atoms with van der Waals surface area (Å²) in [6.07, 6.45) is 3.24. The summed E-state index contributed by atoms with van der Waals surface area (Å²) in [5.41, 5.74) is 1.14. The number of nitrogens with one attached hydrogen (secondary N) is 6. The second kappa shape index (κ2) is 17.0. The van der Waals surface area contributed by atoms with E-state index in [0.717, 1.165) is 5.70 Å². The first-order valence-electron chi connectivity index (χ1n) is 11.8. The number of hydrogen-bond donors (Lipinski definition) is 6. The van der Waals surface area contributed by atoms with Gasteiger partial charge in [-0.3, -0.25) is 15.4 Å². The van der Waals surface area contributed by atoms with Crippen molar-refractivity contribution in [3.8, 4) is 0 Å². The molecule has 1 aliphatic heterocycles. The van der Waals surface area contributed by atoms with E-state index >= 15 is 0 Å². The number of nitrogens with zero attached hydrogens (tertiary/aromatic N) is 2. The molecule has 1 aromatic rings. The smallest absolute Gasteiger partial charge is 0.321 e. The number of carbonyl (C=O) groups excluding carboxylic acids is 2. The van der Waals surface area contributed by atoms with E-state index in [1.165, 1.54) is 6.07 Å². The molecular weight excluding hydrogens is 472 g/mol. The number of anilines is 1. The van der Waals surface area contributed by atoms with Crippen LogP contribution in [0.4, 0.5) is 15.5 Å². The third-order valence-corrected chi connectivity index (χ3v) is 4.55. The second-order valence-electron chi connectivity index (χ2n) is 7.76. The molecule has 0 saturated heterocycles. The van der Waals surface area contributed by atoms with Crippen molar-refractivity contribution in [2.24, 2.45) is 4.99 Å². The minimum Gasteiger partial charge on any atom is -0.379 e. The Labute approximate surface area is 209 Å². The van der Waals surface area contributed by atoms with Crippen LogP contribution in [0.25, 0.3) is 0 Å². The summed E-state index contributed by atoms with van der Waals surface area (Å²) >= 11 is 0. The van der Waals surface area contributed by atoms with Crippen LogP contribution in [0.5, 0.6) is 0 Å². The Morgan fingerprint density at radius 1 is 0.917 bits per heavy atom. The molecule has 0 unspecified atom stereocenters. The van der Waals surface area contributed by atoms with Crippen molar-refractivity contribution >= 4 is 24.0 Å². The monoisotopic (exact) mass is 508 g/mol. The van der Waals surface area contributed by atoms with Gasteiger partial charge in [0.1, 0.15) is 0 Å². The number of ether oxygens (including phenoxy) is 3. The zero-order valence-corrected chi connectivity index (χ0v) is 20.8. The van der Waals surface area contributed by atoms with Gasteiger partial charge < -0.3 is 35.1 Å². The Hall–Kier alpha value is -3.49. The van der Waals surface area contributed by atoms with Gasteiger partial charge in [0.15, 0.2) is 0 Å². The number of aryl methyl sites for hydroxylation is 1. The number of rotatable bonds is 15. The third kappa shape index (κ3) is 13.4. The molecule has 6 N–H and O–H groups in total. The predicted octanol–water partition coefficient (Wildman–Crippen LogP) is 0.192. The van der Waals surface area contributed by atoms with Crippen molar-refractivity contribution in [1.29, 1.82) is 0 Å². The summed E-state index contributed by atoms with van der Waals surface area (Å²) in [5, 5.41) is 13.5. The van der Waals surface area contributed by atoms with Crippen LogP contribution >= 0.6 is 0 Å². The van der Waals surface area contributed by atoms with Crippen molar-refractivity contribution in [3.63, 3.8) is 0 Å². The van der Waals surface area contributed by atoms with Gasteiger partial charge in [-0.15, -0.1) is 0 Å². The number of aromatic nitrogens is 2. The largest absolute Gasteiger partial charge is 0.379 e. The Kier molecular flexibility index (Phi) is 13.6. The van der Waals surface area contributed by atoms with Gasteiger partial charge in [-0.1, -0.05) is 0 Å². The zero-order chi connectivity index (χ0) is 26.0. The molecule has 14 heteroatoms. The molecule has 4 amide bonds. The number of urea groups is 2. The summed E-state index contributed by atoms with van der Waals surface area (Å²) in [4.78, 5) is 45.5. The average molecular weight is 509 g/mol. The number of hydrogen-bond acceptors (Lipinski definition) is 9. The number of aromatic amines is 1. The Morgan fingerprint density at radius 2 is 1.50 bits per heavy atom. The quantitative estimate of drug-likeness (QED) is 0.182. The topological polar surface area (TPSA) is 180 Å². The van der Waals surface area contributed by atoms with Gasteiger partial charge in [-0.2, -0.15) is 4.98 Å². The summed E-state index contributed by atoms with van der Waals surface area (Å²) < 4.78 is 16.3. The predicted molar refractivity (Wildman–Crippen MR) is 134 cm³/mol. The lowest BCUT2D eigenvalue weighted by molar-refractivity contribution is 0.0140. The molecule has 36 heavy (non-hydrogen) atoms. The average Bonchev–Trinajstić information content (AvgIpc) is 2.81. The molecule has 0 fully saturated rings. The number of H-pyrrole nitrogens is 1. The standard InChI is InChI=1S/C22H36N8O6/c1-16-5-8-23-19(26-16)29-21(32)24-6-3-9-34-11-13-36-14-12-35-10-4-7-25-22(33)30-20-27-17(2)15-18(31)28-20/h5,15H,3-4,6-14H2,1-2H3,(H3,23,24,26,29,32)(H3,25,27,28,30,31,33). The van der Waals surface area contributed by atoms with E-state index in [2.05, 4.69) is 41.5 Å². The molecule has 200 valence electrons. The van der Waals surface area contributed by atoms with Crippen LogP contribution in [-0.4, -0.2) is 87.3 Å². The summed E-state index contributed by atoms with van der Waals surface area (Å²) in [5.74, 6) is 0.547. The molecule has 0 atom stereocenters. The van der Waals surface area contributed by atoms with Crippen LogP contribution in [0, 0.1) is 6.92 Å². The van der Waals surface area contributed by atoms with Gasteiger partial charge in [0.25, 0.3) is 5.56 Å². The lowest BCUT2D eigenvalue weighted by Gasteiger charge is -2.15. The molecule has 1 aliphatic rings. The number of allylic oxidation sites excluding steroid dienone is 1. The zero-order valence-electron chi connectivity index (χ0n) is 20.8. The molecule has 0 bridgehead atoms. The molecule has 1 aromatic heterocycles. The van der Waals surface area contributed by atoms with Crippen LogP contribution < -0.4 is 32.1 Å². The molecule has 0 aromatic carbocycles. The maximum Gasteiger partial charge on any atom is 0.321 e. The number of guanidine groups is 1. The van der Waals surface area contributed by atoms with Crippen molar-refractivity contribution in [3.05, 3.63) is 33.9 Å². The van der Waals surface area contributed by atoms with Gasteiger partial charge >= 0.3 is 12.1 Å². The lowest BCUT2D eigenvalue weighted by atomic mass is 10.4. The Bertz CT molecular complexity index is 949.